The molecule has 7 heteroatoms. The van der Waals surface area contributed by atoms with Crippen molar-refractivity contribution < 1.29 is 24.1 Å². The fourth-order valence-corrected chi connectivity index (χ4v) is 5.27. The van der Waals surface area contributed by atoms with E-state index in [9.17, 15) is 0 Å². The molecule has 2 heterocycles. The van der Waals surface area contributed by atoms with Gasteiger partial charge in [0.15, 0.2) is 11.6 Å². The Morgan fingerprint density at radius 1 is 0.667 bits per heavy atom. The third-order valence-electron chi connectivity index (χ3n) is 7.28. The first-order valence-corrected chi connectivity index (χ1v) is 11.4. The Bertz CT molecular complexity index is 565. The molecule has 2 aliphatic carbocycles. The number of rotatable bonds is 4. The minimum Gasteiger partial charge on any atom is -0.396 e. The van der Waals surface area contributed by atoms with E-state index in [2.05, 4.69) is 16.6 Å². The first-order valence-electron chi connectivity index (χ1n) is 11.4. The summed E-state index contributed by atoms with van der Waals surface area (Å²) in [6.45, 7) is 19.6. The lowest BCUT2D eigenvalue weighted by Gasteiger charge is -2.36. The van der Waals surface area contributed by atoms with Crippen molar-refractivity contribution in [3.05, 3.63) is 22.8 Å². The number of hydrogen-bond acceptors (Lipinski definition) is 5. The van der Waals surface area contributed by atoms with Gasteiger partial charge in [0.1, 0.15) is 0 Å². The topological polar surface area (TPSA) is 65.9 Å². The quantitative estimate of drug-likeness (QED) is 0.694. The van der Waals surface area contributed by atoms with Crippen LogP contribution in [-0.4, -0.2) is 60.8 Å². The highest BCUT2D eigenvalue weighted by Crippen LogP contribution is 2.44. The van der Waals surface area contributed by atoms with Gasteiger partial charge in [-0.25, -0.2) is 13.1 Å². The number of hydrogen-bond donors (Lipinski definition) is 1. The van der Waals surface area contributed by atoms with Gasteiger partial charge in [-0.3, -0.25) is 0 Å². The molecule has 0 atom stereocenters. The molecule has 2 aliphatic heterocycles. The van der Waals surface area contributed by atoms with Crippen molar-refractivity contribution in [1.29, 1.82) is 0 Å². The van der Waals surface area contributed by atoms with Gasteiger partial charge in [0.25, 0.3) is 0 Å². The van der Waals surface area contributed by atoms with Crippen LogP contribution in [0.3, 0.4) is 0 Å². The van der Waals surface area contributed by atoms with Crippen LogP contribution < -0.4 is 0 Å². The molecule has 2 saturated carbocycles. The van der Waals surface area contributed by atoms with Crippen molar-refractivity contribution in [3.8, 4) is 0 Å². The monoisotopic (exact) mass is 420 g/mol. The fourth-order valence-electron chi connectivity index (χ4n) is 5.27. The third-order valence-corrected chi connectivity index (χ3v) is 7.28. The third kappa shape index (κ3) is 5.15. The summed E-state index contributed by atoms with van der Waals surface area (Å²) in [5.74, 6) is -0.717. The minimum absolute atomic E-state index is 0.0943. The second-order valence-corrected chi connectivity index (χ2v) is 9.11. The van der Waals surface area contributed by atoms with Gasteiger partial charge >= 0.3 is 0 Å². The highest BCUT2D eigenvalue weighted by atomic mass is 16.7. The van der Waals surface area contributed by atoms with E-state index < -0.39 is 5.79 Å². The van der Waals surface area contributed by atoms with E-state index >= 15 is 0 Å². The molecule has 30 heavy (non-hydrogen) atoms. The van der Waals surface area contributed by atoms with Gasteiger partial charge in [0.2, 0.25) is 11.1 Å². The maximum Gasteiger partial charge on any atom is 0.235 e. The van der Waals surface area contributed by atoms with Gasteiger partial charge in [0, 0.05) is 64.2 Å². The fraction of sp³-hybridized carbons (Fsp3) is 0.913. The minimum atomic E-state index is -0.399. The van der Waals surface area contributed by atoms with Crippen LogP contribution in [0, 0.1) is 13.1 Å². The average Bonchev–Trinajstić information content (AvgIpc) is 3.44. The first-order chi connectivity index (χ1) is 14.5. The van der Waals surface area contributed by atoms with E-state index in [4.69, 9.17) is 37.2 Å². The zero-order chi connectivity index (χ0) is 21.6. The Labute approximate surface area is 180 Å². The molecule has 0 amide bonds. The second kappa shape index (κ2) is 9.94. The molecule has 2 saturated heterocycles. The molecule has 4 rings (SSSR count). The molecule has 4 aliphatic rings. The molecule has 4 fully saturated rings. The summed E-state index contributed by atoms with van der Waals surface area (Å²) >= 11 is 0. The second-order valence-electron chi connectivity index (χ2n) is 9.11. The van der Waals surface area contributed by atoms with Gasteiger partial charge < -0.3 is 33.7 Å². The first kappa shape index (κ1) is 23.4. The van der Waals surface area contributed by atoms with Crippen molar-refractivity contribution in [2.45, 2.75) is 100 Å². The molecular formula is C23H36N2O5. The lowest BCUT2D eigenvalue weighted by atomic mass is 9.76. The van der Waals surface area contributed by atoms with Gasteiger partial charge in [-0.05, 0) is 6.42 Å². The van der Waals surface area contributed by atoms with Crippen LogP contribution in [0.4, 0.5) is 0 Å². The molecule has 0 aromatic rings. The van der Waals surface area contributed by atoms with Crippen LogP contribution in [0.1, 0.15) is 77.6 Å². The van der Waals surface area contributed by atoms with Crippen molar-refractivity contribution in [1.82, 2.24) is 0 Å². The summed E-state index contributed by atoms with van der Waals surface area (Å²) in [5, 5.41) is 8.97. The molecule has 168 valence electrons. The van der Waals surface area contributed by atoms with E-state index in [0.29, 0.717) is 19.6 Å². The highest BCUT2D eigenvalue weighted by Gasteiger charge is 2.50. The lowest BCUT2D eigenvalue weighted by Crippen LogP contribution is -2.42. The Morgan fingerprint density at radius 2 is 1.03 bits per heavy atom. The number of aliphatic hydroxyl groups is 1. The van der Waals surface area contributed by atoms with E-state index in [0.717, 1.165) is 77.4 Å². The molecule has 0 unspecified atom stereocenters. The summed E-state index contributed by atoms with van der Waals surface area (Å²) < 4.78 is 22.6. The zero-order valence-electron chi connectivity index (χ0n) is 18.3. The number of nitrogens with zero attached hydrogens (tertiary/aromatic N) is 2. The molecule has 2 spiro atoms. The van der Waals surface area contributed by atoms with Crippen LogP contribution in [-0.2, 0) is 18.9 Å². The Hall–Kier alpha value is -1.22. The van der Waals surface area contributed by atoms with Gasteiger partial charge in [0.05, 0.1) is 33.0 Å². The molecular weight excluding hydrogens is 384 g/mol. The standard InChI is InChI=1S/C12H19NO2.C11H17NO3/c1-3-4-11(13-2)5-7-12(8-6-11)14-9-10-15-12;1-12-10(6-7-13)2-4-11(5-3-10)14-8-9-15-11/h3-10H2,1H3;13H,2-9H2. The number of ether oxygens (including phenoxy) is 4. The molecule has 0 aromatic heterocycles. The predicted molar refractivity (Wildman–Crippen MR) is 111 cm³/mol. The Morgan fingerprint density at radius 3 is 1.33 bits per heavy atom. The van der Waals surface area contributed by atoms with Crippen LogP contribution in [0.25, 0.3) is 9.69 Å². The zero-order valence-corrected chi connectivity index (χ0v) is 18.3. The molecule has 0 aromatic carbocycles. The van der Waals surface area contributed by atoms with E-state index in [1.165, 1.54) is 0 Å². The van der Waals surface area contributed by atoms with Crippen LogP contribution >= 0.6 is 0 Å². The van der Waals surface area contributed by atoms with E-state index in [-0.39, 0.29) is 23.5 Å². The molecule has 0 bridgehead atoms. The summed E-state index contributed by atoms with van der Waals surface area (Å²) in [5.41, 5.74) is -0.482. The smallest absolute Gasteiger partial charge is 0.235 e. The normalized spacial score (nSPS) is 30.9. The van der Waals surface area contributed by atoms with Crippen LogP contribution in [0.15, 0.2) is 0 Å². The van der Waals surface area contributed by atoms with Crippen LogP contribution in [0.5, 0.6) is 0 Å². The summed E-state index contributed by atoms with van der Waals surface area (Å²) in [4.78, 5) is 7.56. The van der Waals surface area contributed by atoms with Crippen LogP contribution in [0.2, 0.25) is 0 Å². The predicted octanol–water partition coefficient (Wildman–Crippen LogP) is 4.11. The number of aliphatic hydroxyl groups excluding tert-OH is 1. The van der Waals surface area contributed by atoms with Crippen molar-refractivity contribution in [2.24, 2.45) is 0 Å². The Kier molecular flexibility index (Phi) is 7.76. The van der Waals surface area contributed by atoms with Gasteiger partial charge in [-0.1, -0.05) is 6.92 Å². The maximum atomic E-state index is 8.97. The van der Waals surface area contributed by atoms with E-state index in [1.54, 1.807) is 0 Å². The average molecular weight is 421 g/mol. The SMILES string of the molecule is [C-]#[N+]C1(CCC)CCC2(CC1)OCCO2.[C-]#[N+]C1(CCO)CCC2(CC1)OCCO2. The van der Waals surface area contributed by atoms with Crippen molar-refractivity contribution >= 4 is 0 Å². The largest absolute Gasteiger partial charge is 0.396 e. The molecule has 1 N–H and O–H groups in total. The summed E-state index contributed by atoms with van der Waals surface area (Å²) in [6.07, 6.45) is 9.48. The molecule has 7 nitrogen and oxygen atoms in total. The van der Waals surface area contributed by atoms with Crippen molar-refractivity contribution in [3.63, 3.8) is 0 Å². The maximum absolute atomic E-state index is 8.97. The van der Waals surface area contributed by atoms with Crippen molar-refractivity contribution in [2.75, 3.05) is 33.0 Å². The summed E-state index contributed by atoms with van der Waals surface area (Å²) in [7, 11) is 0. The Balaban J connectivity index is 0.000000171. The lowest BCUT2D eigenvalue weighted by molar-refractivity contribution is -0.183. The van der Waals surface area contributed by atoms with Gasteiger partial charge in [-0.2, -0.15) is 0 Å². The summed E-state index contributed by atoms with van der Waals surface area (Å²) in [6, 6.07) is 0. The van der Waals surface area contributed by atoms with Gasteiger partial charge in [-0.15, -0.1) is 0 Å². The highest BCUT2D eigenvalue weighted by molar-refractivity contribution is 5.05. The van der Waals surface area contributed by atoms with E-state index in [1.807, 2.05) is 0 Å². The molecule has 0 radical (unpaired) electrons.